The van der Waals surface area contributed by atoms with Crippen LogP contribution in [-0.4, -0.2) is 42.4 Å². The summed E-state index contributed by atoms with van der Waals surface area (Å²) < 4.78 is 7.26. The molecule has 0 aliphatic heterocycles. The van der Waals surface area contributed by atoms with Gasteiger partial charge in [-0.15, -0.1) is 10.2 Å². The van der Waals surface area contributed by atoms with Gasteiger partial charge in [0.25, 0.3) is 11.2 Å². The van der Waals surface area contributed by atoms with E-state index >= 15 is 0 Å². The summed E-state index contributed by atoms with van der Waals surface area (Å²) in [5, 5.41) is 23.0. The molecule has 11 heteroatoms. The van der Waals surface area contributed by atoms with E-state index in [4.69, 9.17) is 0 Å². The first-order valence-electron chi connectivity index (χ1n) is 8.02. The van der Waals surface area contributed by atoms with Crippen LogP contribution >= 0.6 is 0 Å². The van der Waals surface area contributed by atoms with Crippen LogP contribution in [0.5, 0.6) is 0 Å². The first-order valence-corrected chi connectivity index (χ1v) is 8.02. The molecule has 3 heterocycles. The molecule has 28 heavy (non-hydrogen) atoms. The van der Waals surface area contributed by atoms with Gasteiger partial charge >= 0.3 is 5.97 Å². The predicted octanol–water partition coefficient (Wildman–Crippen LogP) is 1.43. The van der Waals surface area contributed by atoms with Crippen molar-refractivity contribution < 1.29 is 14.5 Å². The lowest BCUT2D eigenvalue weighted by Crippen LogP contribution is -2.21. The van der Waals surface area contributed by atoms with Gasteiger partial charge in [-0.2, -0.15) is 5.10 Å². The normalized spacial score (nSPS) is 11.1. The molecule has 0 unspecified atom stereocenters. The Bertz CT molecular complexity index is 1340. The van der Waals surface area contributed by atoms with Crippen molar-refractivity contribution in [1.29, 1.82) is 0 Å². The Morgan fingerprint density at radius 2 is 2.04 bits per heavy atom. The smallest absolute Gasteiger partial charge is 0.343 e. The number of non-ortho nitro benzene ring substituents is 1. The van der Waals surface area contributed by atoms with Crippen molar-refractivity contribution in [3.05, 3.63) is 68.3 Å². The molecular formula is C17H12N6O5. The van der Waals surface area contributed by atoms with E-state index in [1.165, 1.54) is 40.7 Å². The number of carbonyl (C=O) groups excluding carboxylic acids is 1. The fraction of sp³-hybridized carbons (Fsp3) is 0.118. The Morgan fingerprint density at radius 3 is 2.75 bits per heavy atom. The summed E-state index contributed by atoms with van der Waals surface area (Å²) in [5.74, 6) is -0.621. The lowest BCUT2D eigenvalue weighted by molar-refractivity contribution is -0.384. The van der Waals surface area contributed by atoms with Gasteiger partial charge in [-0.05, 0) is 18.6 Å². The van der Waals surface area contributed by atoms with Crippen molar-refractivity contribution in [2.24, 2.45) is 0 Å². The fourth-order valence-corrected chi connectivity index (χ4v) is 2.91. The molecule has 140 valence electrons. The molecule has 4 aromatic rings. The number of nitro benzene ring substituents is 1. The van der Waals surface area contributed by atoms with Gasteiger partial charge in [0.2, 0.25) is 0 Å². The number of rotatable bonds is 3. The molecule has 11 nitrogen and oxygen atoms in total. The van der Waals surface area contributed by atoms with Gasteiger partial charge in [0.05, 0.1) is 23.9 Å². The number of nitrogens with zero attached hydrogens (tertiary/aromatic N) is 6. The third-order valence-electron chi connectivity index (χ3n) is 4.33. The number of benzene rings is 1. The molecule has 0 saturated carbocycles. The molecule has 0 bridgehead atoms. The molecular weight excluding hydrogens is 368 g/mol. The molecule has 0 fully saturated rings. The Labute approximate surface area is 155 Å². The van der Waals surface area contributed by atoms with Crippen molar-refractivity contribution in [3.8, 4) is 5.69 Å². The number of carbonyl (C=O) groups is 1. The fourth-order valence-electron chi connectivity index (χ4n) is 2.91. The topological polar surface area (TPSA) is 135 Å². The first-order chi connectivity index (χ1) is 13.4. The van der Waals surface area contributed by atoms with Gasteiger partial charge in [0.1, 0.15) is 11.1 Å². The minimum absolute atomic E-state index is 0.000391. The highest BCUT2D eigenvalue weighted by Crippen LogP contribution is 2.21. The maximum absolute atomic E-state index is 13.0. The molecule has 4 rings (SSSR count). The number of pyridine rings is 1. The van der Waals surface area contributed by atoms with Gasteiger partial charge in [0.15, 0.2) is 11.2 Å². The lowest BCUT2D eigenvalue weighted by atomic mass is 10.1. The van der Waals surface area contributed by atoms with E-state index in [9.17, 15) is 19.7 Å². The Kier molecular flexibility index (Phi) is 3.84. The van der Waals surface area contributed by atoms with Crippen LogP contribution in [0.2, 0.25) is 0 Å². The summed E-state index contributed by atoms with van der Waals surface area (Å²) in [5.41, 5.74) is 0.991. The molecule has 1 aromatic carbocycles. The number of aryl methyl sites for hydroxylation is 1. The highest BCUT2D eigenvalue weighted by Gasteiger charge is 2.19. The van der Waals surface area contributed by atoms with E-state index < -0.39 is 16.5 Å². The van der Waals surface area contributed by atoms with Crippen LogP contribution in [-0.2, 0) is 4.74 Å². The van der Waals surface area contributed by atoms with Crippen LogP contribution in [0.15, 0.2) is 41.5 Å². The Morgan fingerprint density at radius 1 is 1.25 bits per heavy atom. The summed E-state index contributed by atoms with van der Waals surface area (Å²) >= 11 is 0. The van der Waals surface area contributed by atoms with Crippen molar-refractivity contribution in [3.63, 3.8) is 0 Å². The number of hydrogen-bond donors (Lipinski definition) is 0. The second-order valence-corrected chi connectivity index (χ2v) is 5.94. The van der Waals surface area contributed by atoms with E-state index in [1.807, 2.05) is 0 Å². The summed E-state index contributed by atoms with van der Waals surface area (Å²) in [6.45, 7) is 1.74. The Balaban J connectivity index is 1.97. The maximum atomic E-state index is 13.0. The SMILES string of the molecule is COC(=O)c1cnn2c1nnc1c(=O)n(-c3cc([N+](=O)[O-])ccc3C)ccc12. The minimum atomic E-state index is -0.621. The van der Waals surface area contributed by atoms with Crippen LogP contribution in [0.1, 0.15) is 15.9 Å². The third-order valence-corrected chi connectivity index (χ3v) is 4.33. The van der Waals surface area contributed by atoms with Gasteiger partial charge < -0.3 is 4.74 Å². The van der Waals surface area contributed by atoms with E-state index in [2.05, 4.69) is 20.0 Å². The van der Waals surface area contributed by atoms with Gasteiger partial charge in [-0.25, -0.2) is 9.31 Å². The van der Waals surface area contributed by atoms with E-state index in [0.29, 0.717) is 16.8 Å². The van der Waals surface area contributed by atoms with E-state index in [0.717, 1.165) is 0 Å². The van der Waals surface area contributed by atoms with Crippen molar-refractivity contribution >= 4 is 28.3 Å². The zero-order valence-corrected chi connectivity index (χ0v) is 14.7. The molecule has 0 spiro atoms. The molecule has 3 aromatic heterocycles. The van der Waals surface area contributed by atoms with Gasteiger partial charge in [0, 0.05) is 18.3 Å². The number of hydrogen-bond acceptors (Lipinski definition) is 8. The van der Waals surface area contributed by atoms with Crippen LogP contribution in [0.25, 0.3) is 22.4 Å². The summed E-state index contributed by atoms with van der Waals surface area (Å²) in [6.07, 6.45) is 2.75. The average molecular weight is 380 g/mol. The average Bonchev–Trinajstić information content (AvgIpc) is 3.12. The first kappa shape index (κ1) is 17.3. The summed E-state index contributed by atoms with van der Waals surface area (Å²) in [4.78, 5) is 35.3. The molecule has 0 atom stereocenters. The second kappa shape index (κ2) is 6.23. The van der Waals surface area contributed by atoms with Crippen LogP contribution in [0.4, 0.5) is 5.69 Å². The molecule has 0 aliphatic rings. The molecule has 0 saturated heterocycles. The number of ether oxygens (including phenoxy) is 1. The number of fused-ring (bicyclic) bond motifs is 3. The number of aromatic nitrogens is 5. The van der Waals surface area contributed by atoms with Crippen LogP contribution in [0.3, 0.4) is 0 Å². The van der Waals surface area contributed by atoms with Crippen molar-refractivity contribution in [2.75, 3.05) is 7.11 Å². The summed E-state index contributed by atoms with van der Waals surface area (Å²) in [6, 6.07) is 5.82. The third kappa shape index (κ3) is 2.48. The summed E-state index contributed by atoms with van der Waals surface area (Å²) in [7, 11) is 1.24. The van der Waals surface area contributed by atoms with Crippen LogP contribution < -0.4 is 5.56 Å². The van der Waals surface area contributed by atoms with E-state index in [1.54, 1.807) is 19.1 Å². The van der Waals surface area contributed by atoms with Gasteiger partial charge in [-0.3, -0.25) is 19.5 Å². The number of nitro groups is 1. The standard InChI is InChI=1S/C17H12N6O5/c1-9-3-4-10(23(26)27)7-13(9)21-6-5-12-14(16(21)24)19-20-15-11(17(25)28-2)8-18-22(12)15/h3-8H,1-2H3. The highest BCUT2D eigenvalue weighted by molar-refractivity contribution is 5.96. The maximum Gasteiger partial charge on any atom is 0.343 e. The van der Waals surface area contributed by atoms with Crippen LogP contribution in [0, 0.1) is 17.0 Å². The minimum Gasteiger partial charge on any atom is -0.465 e. The molecule has 0 aliphatic carbocycles. The van der Waals surface area contributed by atoms with E-state index in [-0.39, 0.29) is 22.4 Å². The monoisotopic (exact) mass is 380 g/mol. The van der Waals surface area contributed by atoms with Gasteiger partial charge in [-0.1, -0.05) is 6.07 Å². The number of methoxy groups -OCH3 is 1. The number of esters is 1. The lowest BCUT2D eigenvalue weighted by Gasteiger charge is -2.10. The quantitative estimate of drug-likeness (QED) is 0.296. The highest BCUT2D eigenvalue weighted by atomic mass is 16.6. The zero-order valence-electron chi connectivity index (χ0n) is 14.7. The predicted molar refractivity (Wildman–Crippen MR) is 96.6 cm³/mol. The second-order valence-electron chi connectivity index (χ2n) is 5.94. The van der Waals surface area contributed by atoms with Crippen molar-refractivity contribution in [1.82, 2.24) is 24.4 Å². The molecule has 0 N–H and O–H groups in total. The largest absolute Gasteiger partial charge is 0.465 e. The van der Waals surface area contributed by atoms with Crippen molar-refractivity contribution in [2.45, 2.75) is 6.92 Å². The molecule has 0 radical (unpaired) electrons. The Hall–Kier alpha value is -4.15. The molecule has 0 amide bonds. The zero-order chi connectivity index (χ0) is 20.0.